The highest BCUT2D eigenvalue weighted by atomic mass is 32.2. The number of hydrogen-bond acceptors (Lipinski definition) is 5. The first kappa shape index (κ1) is 17.3. The van der Waals surface area contributed by atoms with Gasteiger partial charge in [-0.1, -0.05) is 0 Å². The monoisotopic (exact) mass is 302 g/mol. The third-order valence-corrected chi connectivity index (χ3v) is 4.03. The molecule has 0 radical (unpaired) electrons. The van der Waals surface area contributed by atoms with Crippen molar-refractivity contribution in [2.24, 2.45) is 0 Å². The molecule has 0 aromatic rings. The molecule has 3 N–H and O–H groups in total. The highest BCUT2D eigenvalue weighted by Gasteiger charge is 2.24. The molecule has 0 unspecified atom stereocenters. The third kappa shape index (κ3) is 9.33. The summed E-state index contributed by atoms with van der Waals surface area (Å²) < 4.78 is 49.3. The Morgan fingerprint density at radius 3 is 2.11 bits per heavy atom. The smallest absolute Gasteiger partial charge is 0.304 e. The summed E-state index contributed by atoms with van der Waals surface area (Å²) in [6.45, 7) is 2.85. The Hall–Kier alpha value is -0.710. The van der Waals surface area contributed by atoms with Crippen LogP contribution in [0.2, 0.25) is 0 Å². The van der Waals surface area contributed by atoms with Gasteiger partial charge in [0.25, 0.3) is 0 Å². The highest BCUT2D eigenvalue weighted by Crippen LogP contribution is 2.03. The van der Waals surface area contributed by atoms with E-state index in [0.29, 0.717) is 0 Å². The van der Waals surface area contributed by atoms with Crippen molar-refractivity contribution < 1.29 is 26.7 Å². The lowest BCUT2D eigenvalue weighted by Crippen LogP contribution is -2.51. The number of hydrogen-bond donors (Lipinski definition) is 3. The second-order valence-corrected chi connectivity index (χ2v) is 8.22. The van der Waals surface area contributed by atoms with E-state index < -0.39 is 43.7 Å². The number of rotatable bonds is 8. The zero-order chi connectivity index (χ0) is 14.6. The minimum absolute atomic E-state index is 0.165. The van der Waals surface area contributed by atoms with Crippen LogP contribution in [0.15, 0.2) is 0 Å². The molecule has 0 aliphatic carbocycles. The molecule has 0 spiro atoms. The van der Waals surface area contributed by atoms with Crippen LogP contribution in [0.4, 0.5) is 0 Å². The second-order valence-electron chi connectivity index (χ2n) is 4.54. The van der Waals surface area contributed by atoms with Gasteiger partial charge >= 0.3 is 5.97 Å². The SMILES string of the molecule is CC(C)(CNS(=O)(=O)CCC(=O)O)NS(C)(=O)=O. The molecule has 0 aliphatic heterocycles. The molecule has 8 nitrogen and oxygen atoms in total. The van der Waals surface area contributed by atoms with Crippen LogP contribution in [0, 0.1) is 0 Å². The van der Waals surface area contributed by atoms with Gasteiger partial charge in [0, 0.05) is 12.1 Å². The van der Waals surface area contributed by atoms with E-state index >= 15 is 0 Å². The number of carboxylic acid groups (broad SMARTS) is 1. The average Bonchev–Trinajstić information content (AvgIpc) is 2.09. The van der Waals surface area contributed by atoms with Crippen molar-refractivity contribution in [3.8, 4) is 0 Å². The maximum atomic E-state index is 11.4. The summed E-state index contributed by atoms with van der Waals surface area (Å²) in [5, 5.41) is 8.37. The third-order valence-electron chi connectivity index (χ3n) is 1.78. The van der Waals surface area contributed by atoms with Crippen molar-refractivity contribution >= 4 is 26.0 Å². The van der Waals surface area contributed by atoms with Crippen LogP contribution < -0.4 is 9.44 Å². The van der Waals surface area contributed by atoms with E-state index in [1.807, 2.05) is 0 Å². The van der Waals surface area contributed by atoms with Crippen molar-refractivity contribution in [1.29, 1.82) is 0 Å². The Bertz CT molecular complexity index is 494. The van der Waals surface area contributed by atoms with Gasteiger partial charge in [0.2, 0.25) is 20.0 Å². The van der Waals surface area contributed by atoms with E-state index in [2.05, 4.69) is 9.44 Å². The van der Waals surface area contributed by atoms with E-state index in [4.69, 9.17) is 5.11 Å². The summed E-state index contributed by atoms with van der Waals surface area (Å²) in [5.41, 5.74) is -0.996. The summed E-state index contributed by atoms with van der Waals surface area (Å²) in [6, 6.07) is 0. The highest BCUT2D eigenvalue weighted by molar-refractivity contribution is 7.89. The normalized spacial score (nSPS) is 13.5. The average molecular weight is 302 g/mol. The Morgan fingerprint density at radius 2 is 1.72 bits per heavy atom. The van der Waals surface area contributed by atoms with Gasteiger partial charge in [-0.25, -0.2) is 26.3 Å². The number of carboxylic acids is 1. The quantitative estimate of drug-likeness (QED) is 0.511. The van der Waals surface area contributed by atoms with Crippen LogP contribution in [0.3, 0.4) is 0 Å². The van der Waals surface area contributed by atoms with Crippen molar-refractivity contribution in [3.05, 3.63) is 0 Å². The minimum atomic E-state index is -3.73. The van der Waals surface area contributed by atoms with Crippen LogP contribution in [-0.2, 0) is 24.8 Å². The van der Waals surface area contributed by atoms with Gasteiger partial charge < -0.3 is 5.11 Å². The molecule has 10 heteroatoms. The zero-order valence-corrected chi connectivity index (χ0v) is 12.1. The molecule has 0 rings (SSSR count). The standard InChI is InChI=1S/C8H18N2O6S2/c1-8(2,10-17(3,13)14)6-9-18(15,16)5-4-7(11)12/h9-10H,4-6H2,1-3H3,(H,11,12). The topological polar surface area (TPSA) is 130 Å². The molecular weight excluding hydrogens is 284 g/mol. The number of nitrogens with one attached hydrogen (secondary N) is 2. The minimum Gasteiger partial charge on any atom is -0.481 e. The van der Waals surface area contributed by atoms with Gasteiger partial charge in [-0.05, 0) is 13.8 Å². The predicted octanol–water partition coefficient (Wildman–Crippen LogP) is -1.29. The van der Waals surface area contributed by atoms with Gasteiger partial charge in [0.05, 0.1) is 18.4 Å². The molecule has 0 fully saturated rings. The van der Waals surface area contributed by atoms with Crippen LogP contribution in [0.25, 0.3) is 0 Å². The molecule has 0 saturated heterocycles. The molecule has 0 aliphatic rings. The van der Waals surface area contributed by atoms with Crippen molar-refractivity contribution in [2.45, 2.75) is 25.8 Å². The summed E-state index contributed by atoms with van der Waals surface area (Å²) >= 11 is 0. The Kier molecular flexibility index (Phi) is 5.72. The fraction of sp³-hybridized carbons (Fsp3) is 0.875. The van der Waals surface area contributed by atoms with Crippen LogP contribution in [0.5, 0.6) is 0 Å². The van der Waals surface area contributed by atoms with Gasteiger partial charge in [-0.2, -0.15) is 0 Å². The maximum Gasteiger partial charge on any atom is 0.304 e. The number of carbonyl (C=O) groups is 1. The van der Waals surface area contributed by atoms with Gasteiger partial charge in [0.1, 0.15) is 0 Å². The van der Waals surface area contributed by atoms with Crippen molar-refractivity contribution in [3.63, 3.8) is 0 Å². The van der Waals surface area contributed by atoms with Gasteiger partial charge in [-0.15, -0.1) is 0 Å². The van der Waals surface area contributed by atoms with Crippen LogP contribution in [-0.4, -0.2) is 52.0 Å². The zero-order valence-electron chi connectivity index (χ0n) is 10.4. The van der Waals surface area contributed by atoms with Crippen LogP contribution >= 0.6 is 0 Å². The van der Waals surface area contributed by atoms with Crippen LogP contribution in [0.1, 0.15) is 20.3 Å². The van der Waals surface area contributed by atoms with E-state index in [1.165, 1.54) is 13.8 Å². The molecule has 0 aromatic heterocycles. The molecule has 0 aromatic carbocycles. The first-order valence-electron chi connectivity index (χ1n) is 5.01. The lowest BCUT2D eigenvalue weighted by molar-refractivity contribution is -0.136. The number of aliphatic carboxylic acids is 1. The fourth-order valence-electron chi connectivity index (χ4n) is 1.12. The van der Waals surface area contributed by atoms with E-state index in [1.54, 1.807) is 0 Å². The lowest BCUT2D eigenvalue weighted by Gasteiger charge is -2.25. The van der Waals surface area contributed by atoms with E-state index in [-0.39, 0.29) is 6.54 Å². The molecule has 18 heavy (non-hydrogen) atoms. The van der Waals surface area contributed by atoms with Gasteiger partial charge in [0.15, 0.2) is 0 Å². The molecule has 108 valence electrons. The Labute approximate surface area is 107 Å². The van der Waals surface area contributed by atoms with Crippen molar-refractivity contribution in [1.82, 2.24) is 9.44 Å². The largest absolute Gasteiger partial charge is 0.481 e. The first-order chi connectivity index (χ1) is 7.83. The number of sulfonamides is 2. The molecule has 0 heterocycles. The summed E-state index contributed by atoms with van der Waals surface area (Å²) in [4.78, 5) is 10.3. The summed E-state index contributed by atoms with van der Waals surface area (Å²) in [6.07, 6.45) is 0.461. The van der Waals surface area contributed by atoms with Gasteiger partial charge in [-0.3, -0.25) is 4.79 Å². The molecule has 0 bridgehead atoms. The van der Waals surface area contributed by atoms with E-state index in [9.17, 15) is 21.6 Å². The maximum absolute atomic E-state index is 11.4. The summed E-state index contributed by atoms with van der Waals surface area (Å²) in [7, 11) is -7.19. The predicted molar refractivity (Wildman–Crippen MR) is 66.1 cm³/mol. The molecule has 0 atom stereocenters. The molecule has 0 saturated carbocycles. The Morgan fingerprint density at radius 1 is 1.22 bits per heavy atom. The fourth-order valence-corrected chi connectivity index (χ4v) is 3.37. The van der Waals surface area contributed by atoms with E-state index in [0.717, 1.165) is 6.26 Å². The molecular formula is C8H18N2O6S2. The first-order valence-corrected chi connectivity index (χ1v) is 8.55. The second kappa shape index (κ2) is 5.95. The Balaban J connectivity index is 4.43. The summed E-state index contributed by atoms with van der Waals surface area (Å²) in [5.74, 6) is -1.76. The molecule has 0 amide bonds. The lowest BCUT2D eigenvalue weighted by atomic mass is 10.1. The van der Waals surface area contributed by atoms with Crippen molar-refractivity contribution in [2.75, 3.05) is 18.6 Å².